The second-order valence-corrected chi connectivity index (χ2v) is 2.31. The molecule has 4 heteroatoms. The molecule has 1 heterocycles. The van der Waals surface area contributed by atoms with E-state index in [1.165, 1.54) is 0 Å². The van der Waals surface area contributed by atoms with Crippen molar-refractivity contribution >= 4 is 11.6 Å². The first-order valence-electron chi connectivity index (χ1n) is 2.87. The fourth-order valence-electron chi connectivity index (χ4n) is 0.492. The molecule has 1 aromatic rings. The van der Waals surface area contributed by atoms with Gasteiger partial charge in [0.25, 0.3) is 0 Å². The zero-order valence-corrected chi connectivity index (χ0v) is 6.25. The van der Waals surface area contributed by atoms with E-state index in [0.29, 0.717) is 6.01 Å². The van der Waals surface area contributed by atoms with Crippen molar-refractivity contribution in [2.24, 2.45) is 0 Å². The summed E-state index contributed by atoms with van der Waals surface area (Å²) >= 11 is 5.51. The number of rotatable bonds is 2. The van der Waals surface area contributed by atoms with Gasteiger partial charge < -0.3 is 4.74 Å². The maximum atomic E-state index is 5.51. The molecule has 1 rings (SSSR count). The predicted molar refractivity (Wildman–Crippen MR) is 38.0 cm³/mol. The van der Waals surface area contributed by atoms with Crippen LogP contribution in [0, 0.1) is 0 Å². The highest BCUT2D eigenvalue weighted by molar-refractivity contribution is 6.19. The van der Waals surface area contributed by atoms with E-state index in [0.717, 1.165) is 0 Å². The SMILES string of the molecule is CC(Cl)Oc1ncccn1. The van der Waals surface area contributed by atoms with Crippen molar-refractivity contribution < 1.29 is 4.74 Å². The van der Waals surface area contributed by atoms with Crippen LogP contribution in [0.1, 0.15) is 6.92 Å². The third-order valence-electron chi connectivity index (χ3n) is 0.810. The second kappa shape index (κ2) is 3.37. The third-order valence-corrected chi connectivity index (χ3v) is 0.899. The third kappa shape index (κ3) is 2.19. The number of ether oxygens (including phenoxy) is 1. The lowest BCUT2D eigenvalue weighted by Gasteiger charge is -2.02. The van der Waals surface area contributed by atoms with Gasteiger partial charge in [0.1, 0.15) is 0 Å². The summed E-state index contributed by atoms with van der Waals surface area (Å²) in [5.74, 6) is 0. The molecule has 3 nitrogen and oxygen atoms in total. The fourth-order valence-corrected chi connectivity index (χ4v) is 0.571. The summed E-state index contributed by atoms with van der Waals surface area (Å²) < 4.78 is 4.96. The Morgan fingerprint density at radius 2 is 2.10 bits per heavy atom. The highest BCUT2D eigenvalue weighted by Crippen LogP contribution is 2.03. The van der Waals surface area contributed by atoms with Gasteiger partial charge >= 0.3 is 6.01 Å². The molecule has 0 aliphatic rings. The van der Waals surface area contributed by atoms with Gasteiger partial charge in [-0.3, -0.25) is 0 Å². The first-order valence-corrected chi connectivity index (χ1v) is 3.30. The van der Waals surface area contributed by atoms with E-state index in [2.05, 4.69) is 9.97 Å². The molecule has 1 atom stereocenters. The molecule has 1 unspecified atom stereocenters. The van der Waals surface area contributed by atoms with Gasteiger partial charge in [-0.25, -0.2) is 9.97 Å². The number of alkyl halides is 1. The lowest BCUT2D eigenvalue weighted by Crippen LogP contribution is -2.04. The average Bonchev–Trinajstić information content (AvgIpc) is 1.88. The summed E-state index contributed by atoms with van der Waals surface area (Å²) in [4.78, 5) is 7.60. The van der Waals surface area contributed by atoms with Gasteiger partial charge in [-0.05, 0) is 13.0 Å². The molecule has 0 aliphatic carbocycles. The van der Waals surface area contributed by atoms with Crippen molar-refractivity contribution in [1.82, 2.24) is 9.97 Å². The standard InChI is InChI=1S/C6H7ClN2O/c1-5(7)10-6-8-3-2-4-9-6/h2-5H,1H3. The minimum Gasteiger partial charge on any atom is -0.444 e. The topological polar surface area (TPSA) is 35.0 Å². The Labute approximate surface area is 64.0 Å². The average molecular weight is 159 g/mol. The predicted octanol–water partition coefficient (Wildman–Crippen LogP) is 1.44. The van der Waals surface area contributed by atoms with Crippen LogP contribution in [0.4, 0.5) is 0 Å². The summed E-state index contributed by atoms with van der Waals surface area (Å²) in [6.07, 6.45) is 3.20. The van der Waals surface area contributed by atoms with Gasteiger partial charge in [-0.15, -0.1) is 0 Å². The minimum atomic E-state index is -0.387. The van der Waals surface area contributed by atoms with Gasteiger partial charge in [0.2, 0.25) is 0 Å². The van der Waals surface area contributed by atoms with Crippen LogP contribution in [-0.2, 0) is 0 Å². The molecule has 0 aliphatic heterocycles. The van der Waals surface area contributed by atoms with Crippen LogP contribution in [0.5, 0.6) is 6.01 Å². The lowest BCUT2D eigenvalue weighted by molar-refractivity contribution is 0.276. The molecule has 54 valence electrons. The Morgan fingerprint density at radius 3 is 2.60 bits per heavy atom. The molecule has 0 aromatic carbocycles. The largest absolute Gasteiger partial charge is 0.444 e. The Kier molecular flexibility index (Phi) is 2.45. The zero-order valence-electron chi connectivity index (χ0n) is 5.49. The summed E-state index contributed by atoms with van der Waals surface area (Å²) in [6, 6.07) is 2.02. The smallest absolute Gasteiger partial charge is 0.317 e. The minimum absolute atomic E-state index is 0.310. The maximum Gasteiger partial charge on any atom is 0.317 e. The number of hydrogen-bond donors (Lipinski definition) is 0. The van der Waals surface area contributed by atoms with Crippen molar-refractivity contribution in [3.8, 4) is 6.01 Å². The van der Waals surface area contributed by atoms with E-state index in [1.54, 1.807) is 25.4 Å². The van der Waals surface area contributed by atoms with E-state index in [4.69, 9.17) is 16.3 Å². The first-order chi connectivity index (χ1) is 4.79. The Balaban J connectivity index is 2.59. The van der Waals surface area contributed by atoms with Crippen molar-refractivity contribution in [2.75, 3.05) is 0 Å². The number of hydrogen-bond acceptors (Lipinski definition) is 3. The van der Waals surface area contributed by atoms with Crippen molar-refractivity contribution in [1.29, 1.82) is 0 Å². The van der Waals surface area contributed by atoms with Crippen molar-refractivity contribution in [3.05, 3.63) is 18.5 Å². The number of aromatic nitrogens is 2. The molecule has 0 bridgehead atoms. The van der Waals surface area contributed by atoms with Gasteiger partial charge in [0.05, 0.1) is 0 Å². The van der Waals surface area contributed by atoms with E-state index in [9.17, 15) is 0 Å². The van der Waals surface area contributed by atoms with Gasteiger partial charge in [-0.1, -0.05) is 11.6 Å². The molecular formula is C6H7ClN2O. The summed E-state index contributed by atoms with van der Waals surface area (Å²) in [5, 5.41) is 0. The van der Waals surface area contributed by atoms with Crippen LogP contribution in [0.25, 0.3) is 0 Å². The number of nitrogens with zero attached hydrogens (tertiary/aromatic N) is 2. The highest BCUT2D eigenvalue weighted by Gasteiger charge is 1.98. The second-order valence-electron chi connectivity index (χ2n) is 1.69. The molecule has 0 N–H and O–H groups in total. The van der Waals surface area contributed by atoms with Gasteiger partial charge in [0, 0.05) is 12.4 Å². The van der Waals surface area contributed by atoms with E-state index in [-0.39, 0.29) is 5.56 Å². The van der Waals surface area contributed by atoms with Crippen LogP contribution in [0.3, 0.4) is 0 Å². The Morgan fingerprint density at radius 1 is 1.50 bits per heavy atom. The van der Waals surface area contributed by atoms with E-state index >= 15 is 0 Å². The first kappa shape index (κ1) is 7.28. The molecule has 0 fully saturated rings. The van der Waals surface area contributed by atoms with Crippen LogP contribution >= 0.6 is 11.6 Å². The van der Waals surface area contributed by atoms with Crippen molar-refractivity contribution in [2.45, 2.75) is 12.5 Å². The molecule has 10 heavy (non-hydrogen) atoms. The maximum absolute atomic E-state index is 5.51. The summed E-state index contributed by atoms with van der Waals surface area (Å²) in [6.45, 7) is 1.71. The van der Waals surface area contributed by atoms with Gasteiger partial charge in [-0.2, -0.15) is 0 Å². The zero-order chi connectivity index (χ0) is 7.40. The molecule has 0 spiro atoms. The molecular weight excluding hydrogens is 152 g/mol. The van der Waals surface area contributed by atoms with Crippen LogP contribution in [0.15, 0.2) is 18.5 Å². The summed E-state index contributed by atoms with van der Waals surface area (Å²) in [5.41, 5.74) is -0.387. The lowest BCUT2D eigenvalue weighted by atomic mass is 10.7. The highest BCUT2D eigenvalue weighted by atomic mass is 35.5. The monoisotopic (exact) mass is 158 g/mol. The van der Waals surface area contributed by atoms with Crippen LogP contribution < -0.4 is 4.74 Å². The molecule has 1 aromatic heterocycles. The quantitative estimate of drug-likeness (QED) is 0.611. The molecule has 0 amide bonds. The normalized spacial score (nSPS) is 12.6. The summed E-state index contributed by atoms with van der Waals surface area (Å²) in [7, 11) is 0. The Bertz CT molecular complexity index is 190. The Hall–Kier alpha value is -0.830. The van der Waals surface area contributed by atoms with Crippen LogP contribution in [-0.4, -0.2) is 15.5 Å². The molecule has 0 saturated heterocycles. The molecule has 0 radical (unpaired) electrons. The van der Waals surface area contributed by atoms with E-state index < -0.39 is 0 Å². The van der Waals surface area contributed by atoms with E-state index in [1.807, 2.05) is 0 Å². The van der Waals surface area contributed by atoms with Gasteiger partial charge in [0.15, 0.2) is 5.56 Å². The van der Waals surface area contributed by atoms with Crippen LogP contribution in [0.2, 0.25) is 0 Å². The fraction of sp³-hybridized carbons (Fsp3) is 0.333. The molecule has 0 saturated carbocycles. The number of halogens is 1. The van der Waals surface area contributed by atoms with Crippen molar-refractivity contribution in [3.63, 3.8) is 0 Å².